The number of hydrogen-bond donors (Lipinski definition) is 1. The molecule has 1 aliphatic heterocycles. The smallest absolute Gasteiger partial charge is 0.298 e. The number of aromatic nitrogens is 6. The molecule has 1 aliphatic rings. The van der Waals surface area contributed by atoms with Gasteiger partial charge in [-0.15, -0.1) is 0 Å². The van der Waals surface area contributed by atoms with E-state index in [-0.39, 0.29) is 12.0 Å². The van der Waals surface area contributed by atoms with Gasteiger partial charge in [0.15, 0.2) is 5.58 Å². The Kier molecular flexibility index (Phi) is 4.70. The van der Waals surface area contributed by atoms with Gasteiger partial charge in [-0.3, -0.25) is 4.68 Å². The van der Waals surface area contributed by atoms with E-state index in [2.05, 4.69) is 42.1 Å². The van der Waals surface area contributed by atoms with Gasteiger partial charge in [-0.2, -0.15) is 20.6 Å². The van der Waals surface area contributed by atoms with Crippen molar-refractivity contribution in [1.29, 1.82) is 10.5 Å². The standard InChI is InChI=1S/C24H19N9O/c25-7-4-20(33-13-17(11-30-33)21-18-5-8-27-23(18)29-14-28-21)16-6-9-32(12-16)24-31-19-3-1-2-15(10-26)22(19)34-24/h1-3,5,8,11,13-14,16,20H,4,6,9,12H2,(H,27,28,29). The quantitative estimate of drug-likeness (QED) is 0.428. The molecule has 166 valence electrons. The number of para-hydroxylation sites is 1. The summed E-state index contributed by atoms with van der Waals surface area (Å²) in [6.45, 7) is 1.44. The van der Waals surface area contributed by atoms with E-state index in [0.29, 0.717) is 35.6 Å². The van der Waals surface area contributed by atoms with Crippen molar-refractivity contribution in [3.05, 3.63) is 54.7 Å². The highest BCUT2D eigenvalue weighted by Gasteiger charge is 2.33. The highest BCUT2D eigenvalue weighted by atomic mass is 16.4. The fourth-order valence-electron chi connectivity index (χ4n) is 4.75. The van der Waals surface area contributed by atoms with Gasteiger partial charge in [-0.25, -0.2) is 9.97 Å². The Hall–Kier alpha value is -4.70. The first kappa shape index (κ1) is 19.9. The van der Waals surface area contributed by atoms with Gasteiger partial charge in [0, 0.05) is 42.4 Å². The molecule has 1 N–H and O–H groups in total. The molecule has 0 saturated carbocycles. The van der Waals surface area contributed by atoms with Crippen LogP contribution in [0.25, 0.3) is 33.4 Å². The Labute approximate surface area is 194 Å². The lowest BCUT2D eigenvalue weighted by Crippen LogP contribution is -2.25. The van der Waals surface area contributed by atoms with Crippen molar-refractivity contribution in [1.82, 2.24) is 29.7 Å². The molecule has 2 atom stereocenters. The van der Waals surface area contributed by atoms with Crippen LogP contribution in [-0.4, -0.2) is 42.8 Å². The number of aromatic amines is 1. The number of nitrogens with zero attached hydrogens (tertiary/aromatic N) is 8. The Balaban J connectivity index is 1.27. The second-order valence-electron chi connectivity index (χ2n) is 8.36. The van der Waals surface area contributed by atoms with Crippen LogP contribution >= 0.6 is 0 Å². The summed E-state index contributed by atoms with van der Waals surface area (Å²) in [6, 6.07) is 12.2. The summed E-state index contributed by atoms with van der Waals surface area (Å²) in [7, 11) is 0. The van der Waals surface area contributed by atoms with Crippen LogP contribution in [0.5, 0.6) is 0 Å². The van der Waals surface area contributed by atoms with Gasteiger partial charge < -0.3 is 14.3 Å². The zero-order chi connectivity index (χ0) is 23.1. The maximum absolute atomic E-state index is 9.54. The normalized spacial score (nSPS) is 16.6. The maximum atomic E-state index is 9.54. The summed E-state index contributed by atoms with van der Waals surface area (Å²) in [5.41, 5.74) is 4.11. The lowest BCUT2D eigenvalue weighted by molar-refractivity contribution is 0.331. The highest BCUT2D eigenvalue weighted by Crippen LogP contribution is 2.35. The minimum Gasteiger partial charge on any atom is -0.422 e. The highest BCUT2D eigenvalue weighted by molar-refractivity contribution is 5.90. The van der Waals surface area contributed by atoms with Crippen molar-refractivity contribution in [3.8, 4) is 23.4 Å². The number of hydrogen-bond acceptors (Lipinski definition) is 8. The van der Waals surface area contributed by atoms with Crippen LogP contribution in [0.15, 0.2) is 53.6 Å². The molecule has 2 unspecified atom stereocenters. The maximum Gasteiger partial charge on any atom is 0.298 e. The molecule has 5 heterocycles. The fourth-order valence-corrected chi connectivity index (χ4v) is 4.75. The van der Waals surface area contributed by atoms with Crippen LogP contribution in [-0.2, 0) is 0 Å². The van der Waals surface area contributed by atoms with Crippen LogP contribution in [0.2, 0.25) is 0 Å². The number of rotatable bonds is 5. The van der Waals surface area contributed by atoms with Gasteiger partial charge in [0.05, 0.1) is 36.0 Å². The Morgan fingerprint density at radius 1 is 1.24 bits per heavy atom. The second-order valence-corrected chi connectivity index (χ2v) is 8.36. The molecule has 0 radical (unpaired) electrons. The van der Waals surface area contributed by atoms with Gasteiger partial charge in [0.2, 0.25) is 0 Å². The van der Waals surface area contributed by atoms with Crippen LogP contribution in [0, 0.1) is 28.6 Å². The van der Waals surface area contributed by atoms with Crippen molar-refractivity contribution in [3.63, 3.8) is 0 Å². The Morgan fingerprint density at radius 3 is 3.06 bits per heavy atom. The summed E-state index contributed by atoms with van der Waals surface area (Å²) in [5, 5.41) is 24.4. The zero-order valence-electron chi connectivity index (χ0n) is 18.1. The van der Waals surface area contributed by atoms with Gasteiger partial charge >= 0.3 is 0 Å². The van der Waals surface area contributed by atoms with Crippen molar-refractivity contribution in [2.75, 3.05) is 18.0 Å². The van der Waals surface area contributed by atoms with Crippen molar-refractivity contribution in [2.45, 2.75) is 18.9 Å². The molecule has 1 aromatic carbocycles. The molecule has 34 heavy (non-hydrogen) atoms. The van der Waals surface area contributed by atoms with E-state index < -0.39 is 0 Å². The minimum atomic E-state index is -0.0913. The van der Waals surface area contributed by atoms with Crippen LogP contribution in [0.3, 0.4) is 0 Å². The first-order valence-corrected chi connectivity index (χ1v) is 11.0. The zero-order valence-corrected chi connectivity index (χ0v) is 18.1. The van der Waals surface area contributed by atoms with Crippen molar-refractivity contribution in [2.24, 2.45) is 5.92 Å². The third-order valence-corrected chi connectivity index (χ3v) is 6.43. The molecular weight excluding hydrogens is 430 g/mol. The predicted octanol–water partition coefficient (Wildman–Crippen LogP) is 3.82. The Bertz CT molecular complexity index is 1580. The van der Waals surface area contributed by atoms with Crippen LogP contribution in [0.1, 0.15) is 24.4 Å². The van der Waals surface area contributed by atoms with Gasteiger partial charge in [0.1, 0.15) is 23.6 Å². The first-order valence-electron chi connectivity index (χ1n) is 11.0. The van der Waals surface area contributed by atoms with Gasteiger partial charge in [-0.05, 0) is 24.6 Å². The summed E-state index contributed by atoms with van der Waals surface area (Å²) < 4.78 is 7.83. The number of anilines is 1. The van der Waals surface area contributed by atoms with E-state index in [4.69, 9.17) is 4.42 Å². The molecule has 6 rings (SSSR count). The van der Waals surface area contributed by atoms with Crippen molar-refractivity contribution >= 4 is 28.1 Å². The monoisotopic (exact) mass is 449 g/mol. The molecule has 0 spiro atoms. The number of fused-ring (bicyclic) bond motifs is 2. The number of benzene rings is 1. The summed E-state index contributed by atoms with van der Waals surface area (Å²) in [5.74, 6) is 0.190. The largest absolute Gasteiger partial charge is 0.422 e. The third-order valence-electron chi connectivity index (χ3n) is 6.43. The molecule has 0 bridgehead atoms. The summed E-state index contributed by atoms with van der Waals surface area (Å²) in [4.78, 5) is 18.5. The fraction of sp³-hybridized carbons (Fsp3) is 0.250. The Morgan fingerprint density at radius 2 is 2.18 bits per heavy atom. The molecule has 5 aromatic rings. The molecule has 4 aromatic heterocycles. The van der Waals surface area contributed by atoms with Gasteiger partial charge in [0.25, 0.3) is 6.01 Å². The SMILES string of the molecule is N#CCC(C1CCN(c2nc3cccc(C#N)c3o2)C1)n1cc(-c2ncnc3[nH]ccc23)cn1. The third kappa shape index (κ3) is 3.24. The van der Waals surface area contributed by atoms with E-state index in [9.17, 15) is 10.5 Å². The molecule has 10 heteroatoms. The predicted molar refractivity (Wildman–Crippen MR) is 123 cm³/mol. The molecule has 1 saturated heterocycles. The van der Waals surface area contributed by atoms with Crippen molar-refractivity contribution < 1.29 is 4.42 Å². The second kappa shape index (κ2) is 8.01. The van der Waals surface area contributed by atoms with E-state index in [1.807, 2.05) is 29.2 Å². The average Bonchev–Trinajstić information content (AvgIpc) is 3.67. The number of nitrogens with one attached hydrogen (secondary N) is 1. The average molecular weight is 449 g/mol. The molecule has 1 fully saturated rings. The molecule has 0 aliphatic carbocycles. The van der Waals surface area contributed by atoms with E-state index in [0.717, 1.165) is 35.3 Å². The van der Waals surface area contributed by atoms with Crippen LogP contribution < -0.4 is 4.90 Å². The summed E-state index contributed by atoms with van der Waals surface area (Å²) >= 11 is 0. The topological polar surface area (TPSA) is 136 Å². The first-order chi connectivity index (χ1) is 16.7. The number of oxazole rings is 1. The number of H-pyrrole nitrogens is 1. The van der Waals surface area contributed by atoms with Crippen LogP contribution in [0.4, 0.5) is 6.01 Å². The van der Waals surface area contributed by atoms with E-state index >= 15 is 0 Å². The summed E-state index contributed by atoms with van der Waals surface area (Å²) in [6.07, 6.45) is 8.33. The van der Waals surface area contributed by atoms with E-state index in [1.165, 1.54) is 6.33 Å². The molecular formula is C24H19N9O. The van der Waals surface area contributed by atoms with E-state index in [1.54, 1.807) is 18.3 Å². The molecule has 0 amide bonds. The lowest BCUT2D eigenvalue weighted by Gasteiger charge is -2.22. The molecule has 10 nitrogen and oxygen atoms in total. The number of nitriles is 2. The lowest BCUT2D eigenvalue weighted by atomic mass is 9.96. The van der Waals surface area contributed by atoms with Gasteiger partial charge in [-0.1, -0.05) is 6.07 Å². The minimum absolute atomic E-state index is 0.0913.